The molecule has 25 heavy (non-hydrogen) atoms. The maximum atomic E-state index is 5.38. The maximum Gasteiger partial charge on any atom is 0.211 e. The van der Waals surface area contributed by atoms with Crippen LogP contribution in [-0.4, -0.2) is 25.9 Å². The summed E-state index contributed by atoms with van der Waals surface area (Å²) in [7, 11) is 3.19. The van der Waals surface area contributed by atoms with Gasteiger partial charge in [-0.15, -0.1) is 10.2 Å². The minimum atomic E-state index is -0.105. The highest BCUT2D eigenvalue weighted by molar-refractivity contribution is 9.10. The summed E-state index contributed by atoms with van der Waals surface area (Å²) in [6.07, 6.45) is 3.72. The van der Waals surface area contributed by atoms with Crippen molar-refractivity contribution in [1.29, 1.82) is 0 Å². The fourth-order valence-corrected chi connectivity index (χ4v) is 2.48. The van der Waals surface area contributed by atoms with Gasteiger partial charge in [-0.25, -0.2) is 0 Å². The molecular formula is C18H19BrN4O2. The summed E-state index contributed by atoms with van der Waals surface area (Å²) < 4.78 is 11.5. The number of hydrogen-bond donors (Lipinski definition) is 2. The molecule has 7 heteroatoms. The summed E-state index contributed by atoms with van der Waals surface area (Å²) in [4.78, 5) is 0. The number of guanidine groups is 1. The Kier molecular flexibility index (Phi) is 6.59. The standard InChI is InChI=1S/C18H19BrN4O2/c1-24-16-9-7-12(10-17(16)25-2)6-8-15(22-23-18(20)21)13-4-3-5-14(19)11-13/h3-11H,1-2H3,(H4,20,21,23)/b8-6+,22-15-. The average molecular weight is 403 g/mol. The molecule has 130 valence electrons. The Labute approximate surface area is 155 Å². The van der Waals surface area contributed by atoms with Crippen LogP contribution in [0.4, 0.5) is 0 Å². The summed E-state index contributed by atoms with van der Waals surface area (Å²) in [5.74, 6) is 1.21. The number of methoxy groups -OCH3 is 2. The van der Waals surface area contributed by atoms with Crippen molar-refractivity contribution in [2.75, 3.05) is 14.2 Å². The molecule has 2 aromatic carbocycles. The van der Waals surface area contributed by atoms with E-state index in [1.165, 1.54) is 0 Å². The quantitative estimate of drug-likeness (QED) is 0.440. The zero-order valence-electron chi connectivity index (χ0n) is 13.9. The molecule has 0 aliphatic heterocycles. The van der Waals surface area contributed by atoms with E-state index < -0.39 is 0 Å². The third-order valence-corrected chi connectivity index (χ3v) is 3.73. The number of nitrogens with two attached hydrogens (primary N) is 2. The van der Waals surface area contributed by atoms with Crippen molar-refractivity contribution in [1.82, 2.24) is 0 Å². The molecule has 0 amide bonds. The molecule has 2 aromatic rings. The van der Waals surface area contributed by atoms with E-state index >= 15 is 0 Å². The molecule has 0 aromatic heterocycles. The highest BCUT2D eigenvalue weighted by atomic mass is 79.9. The van der Waals surface area contributed by atoms with Crippen molar-refractivity contribution in [2.45, 2.75) is 0 Å². The third kappa shape index (κ3) is 5.36. The SMILES string of the molecule is COc1ccc(/C=C/C(=N/N=C(N)N)c2cccc(Br)c2)cc1OC. The van der Waals surface area contributed by atoms with Crippen molar-refractivity contribution in [3.8, 4) is 11.5 Å². The first kappa shape index (κ1) is 18.5. The summed E-state index contributed by atoms with van der Waals surface area (Å²) in [6.45, 7) is 0. The van der Waals surface area contributed by atoms with Crippen LogP contribution in [0.15, 0.2) is 63.2 Å². The number of ether oxygens (including phenoxy) is 2. The van der Waals surface area contributed by atoms with Gasteiger partial charge < -0.3 is 20.9 Å². The second kappa shape index (κ2) is 8.89. The molecule has 0 saturated carbocycles. The predicted molar refractivity (Wildman–Crippen MR) is 105 cm³/mol. The predicted octanol–water partition coefficient (Wildman–Crippen LogP) is 3.16. The molecule has 0 radical (unpaired) electrons. The van der Waals surface area contributed by atoms with Gasteiger partial charge in [0, 0.05) is 10.0 Å². The molecule has 2 rings (SSSR count). The topological polar surface area (TPSA) is 95.2 Å². The molecular weight excluding hydrogens is 384 g/mol. The van der Waals surface area contributed by atoms with Crippen molar-refractivity contribution in [3.63, 3.8) is 0 Å². The Bertz CT molecular complexity index is 828. The molecule has 0 saturated heterocycles. The molecule has 0 fully saturated rings. The Morgan fingerprint density at radius 2 is 1.76 bits per heavy atom. The third-order valence-electron chi connectivity index (χ3n) is 3.23. The number of benzene rings is 2. The molecule has 0 bridgehead atoms. The van der Waals surface area contributed by atoms with Crippen molar-refractivity contribution >= 4 is 33.7 Å². The zero-order chi connectivity index (χ0) is 18.2. The minimum Gasteiger partial charge on any atom is -0.493 e. The van der Waals surface area contributed by atoms with Crippen LogP contribution in [0.25, 0.3) is 6.08 Å². The van der Waals surface area contributed by atoms with Crippen LogP contribution in [-0.2, 0) is 0 Å². The molecule has 4 N–H and O–H groups in total. The fraction of sp³-hybridized carbons (Fsp3) is 0.111. The van der Waals surface area contributed by atoms with Gasteiger partial charge in [-0.1, -0.05) is 40.2 Å². The van der Waals surface area contributed by atoms with Gasteiger partial charge in [0.05, 0.1) is 19.9 Å². The average Bonchev–Trinajstić information content (AvgIpc) is 2.61. The summed E-state index contributed by atoms with van der Waals surface area (Å²) >= 11 is 3.45. The number of halogens is 1. The lowest BCUT2D eigenvalue weighted by atomic mass is 10.1. The van der Waals surface area contributed by atoms with Crippen LogP contribution in [0.5, 0.6) is 11.5 Å². The first-order valence-corrected chi connectivity index (χ1v) is 8.15. The molecule has 0 atom stereocenters. The Morgan fingerprint density at radius 3 is 2.40 bits per heavy atom. The van der Waals surface area contributed by atoms with Crippen LogP contribution in [0, 0.1) is 0 Å². The molecule has 6 nitrogen and oxygen atoms in total. The van der Waals surface area contributed by atoms with Gasteiger partial charge in [-0.05, 0) is 35.9 Å². The lowest BCUT2D eigenvalue weighted by molar-refractivity contribution is 0.355. The molecule has 0 spiro atoms. The summed E-state index contributed by atoms with van der Waals surface area (Å²) in [5.41, 5.74) is 13.2. The lowest BCUT2D eigenvalue weighted by Gasteiger charge is -2.07. The maximum absolute atomic E-state index is 5.38. The molecule has 0 aliphatic rings. The lowest BCUT2D eigenvalue weighted by Crippen LogP contribution is -2.22. The number of allylic oxidation sites excluding steroid dienone is 1. The van der Waals surface area contributed by atoms with Crippen LogP contribution in [0.1, 0.15) is 11.1 Å². The van der Waals surface area contributed by atoms with E-state index in [1.54, 1.807) is 14.2 Å². The molecule has 0 heterocycles. The summed E-state index contributed by atoms with van der Waals surface area (Å²) in [5, 5.41) is 7.87. The van der Waals surface area contributed by atoms with Crippen LogP contribution in [0.3, 0.4) is 0 Å². The highest BCUT2D eigenvalue weighted by Gasteiger charge is 2.04. The van der Waals surface area contributed by atoms with Gasteiger partial charge in [-0.3, -0.25) is 0 Å². The largest absolute Gasteiger partial charge is 0.493 e. The van der Waals surface area contributed by atoms with Gasteiger partial charge >= 0.3 is 0 Å². The minimum absolute atomic E-state index is 0.105. The Balaban J connectivity index is 2.38. The molecule has 0 unspecified atom stereocenters. The monoisotopic (exact) mass is 402 g/mol. The number of hydrogen-bond acceptors (Lipinski definition) is 4. The van der Waals surface area contributed by atoms with Crippen LogP contribution >= 0.6 is 15.9 Å². The number of rotatable bonds is 6. The van der Waals surface area contributed by atoms with E-state index in [0.29, 0.717) is 17.2 Å². The van der Waals surface area contributed by atoms with Crippen LogP contribution in [0.2, 0.25) is 0 Å². The molecule has 0 aliphatic carbocycles. The van der Waals surface area contributed by atoms with Gasteiger partial charge in [0.2, 0.25) is 5.96 Å². The van der Waals surface area contributed by atoms with Crippen molar-refractivity contribution < 1.29 is 9.47 Å². The van der Waals surface area contributed by atoms with E-state index in [0.717, 1.165) is 15.6 Å². The summed E-state index contributed by atoms with van der Waals surface area (Å²) in [6, 6.07) is 13.3. The normalized spacial score (nSPS) is 11.4. The van der Waals surface area contributed by atoms with E-state index in [1.807, 2.05) is 54.6 Å². The first-order valence-electron chi connectivity index (χ1n) is 7.36. The number of nitrogens with zero attached hydrogens (tertiary/aromatic N) is 2. The van der Waals surface area contributed by atoms with Gasteiger partial charge in [0.25, 0.3) is 0 Å². The second-order valence-corrected chi connectivity index (χ2v) is 5.88. The van der Waals surface area contributed by atoms with E-state index in [4.69, 9.17) is 20.9 Å². The van der Waals surface area contributed by atoms with Gasteiger partial charge in [0.15, 0.2) is 11.5 Å². The fourth-order valence-electron chi connectivity index (χ4n) is 2.08. The van der Waals surface area contributed by atoms with Crippen molar-refractivity contribution in [2.24, 2.45) is 21.7 Å². The van der Waals surface area contributed by atoms with E-state index in [9.17, 15) is 0 Å². The zero-order valence-corrected chi connectivity index (χ0v) is 15.5. The van der Waals surface area contributed by atoms with E-state index in [2.05, 4.69) is 26.1 Å². The van der Waals surface area contributed by atoms with Gasteiger partial charge in [0.1, 0.15) is 0 Å². The highest BCUT2D eigenvalue weighted by Crippen LogP contribution is 2.28. The second-order valence-electron chi connectivity index (χ2n) is 4.97. The van der Waals surface area contributed by atoms with E-state index in [-0.39, 0.29) is 5.96 Å². The Morgan fingerprint density at radius 1 is 1.00 bits per heavy atom. The van der Waals surface area contributed by atoms with Crippen LogP contribution < -0.4 is 20.9 Å². The first-order chi connectivity index (χ1) is 12.0. The van der Waals surface area contributed by atoms with Crippen molar-refractivity contribution in [3.05, 3.63) is 64.1 Å². The smallest absolute Gasteiger partial charge is 0.211 e. The van der Waals surface area contributed by atoms with Gasteiger partial charge in [-0.2, -0.15) is 0 Å². The Hall–Kier alpha value is -2.80.